The number of benzene rings is 2. The summed E-state index contributed by atoms with van der Waals surface area (Å²) in [5, 5.41) is 2.81. The Kier molecular flexibility index (Phi) is 5.39. The topological polar surface area (TPSA) is 136 Å². The molecule has 8 nitrogen and oxygen atoms in total. The van der Waals surface area contributed by atoms with Crippen molar-refractivity contribution in [3.05, 3.63) is 47.5 Å². The maximum atomic E-state index is 11.9. The fourth-order valence-corrected chi connectivity index (χ4v) is 3.89. The summed E-state index contributed by atoms with van der Waals surface area (Å²) in [6, 6.07) is 9.60. The lowest BCUT2D eigenvalue weighted by molar-refractivity contribution is -0.116. The molecule has 0 bridgehead atoms. The van der Waals surface area contributed by atoms with Gasteiger partial charge in [0.25, 0.3) is 10.1 Å². The second-order valence-corrected chi connectivity index (χ2v) is 7.93. The van der Waals surface area contributed by atoms with Gasteiger partial charge in [-0.2, -0.15) is 8.42 Å². The molecule has 0 fully saturated rings. The molecule has 28 heavy (non-hydrogen) atoms. The molecule has 0 saturated carbocycles. The molecule has 2 aromatic carbocycles. The fourth-order valence-electron chi connectivity index (χ4n) is 3.37. The SMILES string of the molecule is CCCC(=O)Nc1ccc2c(c1)C(COC(N)=O)c1cc(S(=O)(=O)O)ccc1-2. The number of fused-ring (bicyclic) bond motifs is 3. The fraction of sp³-hybridized carbons (Fsp3) is 0.263. The summed E-state index contributed by atoms with van der Waals surface area (Å²) in [7, 11) is -4.39. The van der Waals surface area contributed by atoms with E-state index in [1.807, 2.05) is 13.0 Å². The second kappa shape index (κ2) is 7.61. The van der Waals surface area contributed by atoms with Crippen LogP contribution in [-0.4, -0.2) is 31.6 Å². The van der Waals surface area contributed by atoms with Gasteiger partial charge in [0.1, 0.15) is 6.61 Å². The van der Waals surface area contributed by atoms with Crippen molar-refractivity contribution in [1.29, 1.82) is 0 Å². The van der Waals surface area contributed by atoms with Crippen molar-refractivity contribution in [2.24, 2.45) is 5.73 Å². The number of primary amides is 1. The van der Waals surface area contributed by atoms with Crippen LogP contribution < -0.4 is 11.1 Å². The average Bonchev–Trinajstić information content (AvgIpc) is 2.91. The van der Waals surface area contributed by atoms with E-state index >= 15 is 0 Å². The van der Waals surface area contributed by atoms with E-state index in [1.165, 1.54) is 12.1 Å². The molecule has 148 valence electrons. The molecule has 1 atom stereocenters. The van der Waals surface area contributed by atoms with Gasteiger partial charge >= 0.3 is 6.09 Å². The third-order valence-electron chi connectivity index (χ3n) is 4.57. The lowest BCUT2D eigenvalue weighted by Gasteiger charge is -2.14. The minimum Gasteiger partial charge on any atom is -0.449 e. The van der Waals surface area contributed by atoms with Crippen molar-refractivity contribution >= 4 is 27.8 Å². The largest absolute Gasteiger partial charge is 0.449 e. The maximum absolute atomic E-state index is 11.9. The van der Waals surface area contributed by atoms with E-state index in [1.54, 1.807) is 18.2 Å². The number of carbonyl (C=O) groups excluding carboxylic acids is 2. The molecule has 4 N–H and O–H groups in total. The Morgan fingerprint density at radius 2 is 1.79 bits per heavy atom. The molecular weight excluding hydrogens is 384 g/mol. The highest BCUT2D eigenvalue weighted by Crippen LogP contribution is 2.46. The Morgan fingerprint density at radius 1 is 1.14 bits per heavy atom. The number of ether oxygens (including phenoxy) is 1. The number of hydrogen-bond acceptors (Lipinski definition) is 5. The number of nitrogens with two attached hydrogens (primary N) is 1. The third-order valence-corrected chi connectivity index (χ3v) is 5.42. The molecule has 2 amide bonds. The Hall–Kier alpha value is -2.91. The van der Waals surface area contributed by atoms with Crippen LogP contribution in [0.2, 0.25) is 0 Å². The predicted molar refractivity (Wildman–Crippen MR) is 103 cm³/mol. The smallest absolute Gasteiger partial charge is 0.404 e. The van der Waals surface area contributed by atoms with Crippen molar-refractivity contribution in [1.82, 2.24) is 0 Å². The molecule has 1 aliphatic carbocycles. The second-order valence-electron chi connectivity index (χ2n) is 6.51. The van der Waals surface area contributed by atoms with Gasteiger partial charge in [0.15, 0.2) is 0 Å². The highest BCUT2D eigenvalue weighted by atomic mass is 32.2. The van der Waals surface area contributed by atoms with Gasteiger partial charge in [-0.3, -0.25) is 9.35 Å². The molecular formula is C19H20N2O6S. The molecule has 2 aromatic rings. The lowest BCUT2D eigenvalue weighted by atomic mass is 9.97. The number of nitrogens with one attached hydrogen (secondary N) is 1. The first-order valence-corrected chi connectivity index (χ1v) is 10.1. The van der Waals surface area contributed by atoms with Gasteiger partial charge in [-0.25, -0.2) is 4.79 Å². The summed E-state index contributed by atoms with van der Waals surface area (Å²) in [5.74, 6) is -0.598. The van der Waals surface area contributed by atoms with Gasteiger partial charge in [-0.15, -0.1) is 0 Å². The zero-order valence-corrected chi connectivity index (χ0v) is 16.0. The number of carbonyl (C=O) groups is 2. The van der Waals surface area contributed by atoms with Crippen molar-refractivity contribution in [2.75, 3.05) is 11.9 Å². The standard InChI is InChI=1S/C19H20N2O6S/c1-2-3-18(22)21-11-4-6-13-14-7-5-12(28(24,25)26)9-16(14)17(15(13)8-11)10-27-19(20)23/h4-9,17H,2-3,10H2,1H3,(H2,20,23)(H,21,22)(H,24,25,26). The van der Waals surface area contributed by atoms with Crippen LogP contribution in [0.1, 0.15) is 36.8 Å². The Bertz CT molecular complexity index is 1050. The van der Waals surface area contributed by atoms with Gasteiger partial charge in [-0.1, -0.05) is 19.1 Å². The maximum Gasteiger partial charge on any atom is 0.404 e. The van der Waals surface area contributed by atoms with Gasteiger partial charge < -0.3 is 15.8 Å². The summed E-state index contributed by atoms with van der Waals surface area (Å²) in [5.41, 5.74) is 8.60. The van der Waals surface area contributed by atoms with Gasteiger partial charge in [0, 0.05) is 18.0 Å². The first kappa shape index (κ1) is 19.8. The summed E-state index contributed by atoms with van der Waals surface area (Å²) in [4.78, 5) is 22.7. The number of rotatable bonds is 6. The van der Waals surface area contributed by atoms with Crippen LogP contribution in [0.3, 0.4) is 0 Å². The Balaban J connectivity index is 2.05. The van der Waals surface area contributed by atoms with E-state index in [-0.39, 0.29) is 17.4 Å². The first-order chi connectivity index (χ1) is 13.2. The van der Waals surface area contributed by atoms with Crippen LogP contribution in [-0.2, 0) is 19.6 Å². The molecule has 0 aromatic heterocycles. The van der Waals surface area contributed by atoms with E-state index in [4.69, 9.17) is 10.5 Å². The summed E-state index contributed by atoms with van der Waals surface area (Å²) in [6.45, 7) is 1.81. The Labute approximate surface area is 162 Å². The highest BCUT2D eigenvalue weighted by molar-refractivity contribution is 7.85. The minimum absolute atomic E-state index is 0.101. The summed E-state index contributed by atoms with van der Waals surface area (Å²) >= 11 is 0. The molecule has 0 radical (unpaired) electrons. The molecule has 0 spiro atoms. The normalized spacial score (nSPS) is 14.9. The van der Waals surface area contributed by atoms with Crippen LogP contribution in [0.4, 0.5) is 10.5 Å². The third kappa shape index (κ3) is 4.00. The van der Waals surface area contributed by atoms with E-state index in [0.29, 0.717) is 17.7 Å². The number of amides is 2. The summed E-state index contributed by atoms with van der Waals surface area (Å²) in [6.07, 6.45) is 0.159. The van der Waals surface area contributed by atoms with Crippen molar-refractivity contribution in [2.45, 2.75) is 30.6 Å². The van der Waals surface area contributed by atoms with Gasteiger partial charge in [0.05, 0.1) is 4.90 Å². The molecule has 3 rings (SSSR count). The quantitative estimate of drug-likeness (QED) is 0.633. The van der Waals surface area contributed by atoms with E-state index < -0.39 is 22.1 Å². The highest BCUT2D eigenvalue weighted by Gasteiger charge is 2.31. The zero-order chi connectivity index (χ0) is 20.5. The van der Waals surface area contributed by atoms with E-state index in [2.05, 4.69) is 5.32 Å². The van der Waals surface area contributed by atoms with Crippen LogP contribution >= 0.6 is 0 Å². The monoisotopic (exact) mass is 404 g/mol. The van der Waals surface area contributed by atoms with Crippen LogP contribution in [0.5, 0.6) is 0 Å². The van der Waals surface area contributed by atoms with Crippen molar-refractivity contribution in [3.8, 4) is 11.1 Å². The number of anilines is 1. The zero-order valence-electron chi connectivity index (χ0n) is 15.1. The van der Waals surface area contributed by atoms with E-state index in [0.717, 1.165) is 23.1 Å². The van der Waals surface area contributed by atoms with Gasteiger partial charge in [-0.05, 0) is 52.9 Å². The van der Waals surface area contributed by atoms with Crippen LogP contribution in [0, 0.1) is 0 Å². The van der Waals surface area contributed by atoms with E-state index in [9.17, 15) is 22.6 Å². The molecule has 0 saturated heterocycles. The lowest BCUT2D eigenvalue weighted by Crippen LogP contribution is -2.18. The average molecular weight is 404 g/mol. The van der Waals surface area contributed by atoms with Gasteiger partial charge in [0.2, 0.25) is 5.91 Å². The molecule has 0 aliphatic heterocycles. The Morgan fingerprint density at radius 3 is 2.39 bits per heavy atom. The van der Waals surface area contributed by atoms with Crippen LogP contribution in [0.25, 0.3) is 11.1 Å². The number of hydrogen-bond donors (Lipinski definition) is 3. The van der Waals surface area contributed by atoms with Crippen LogP contribution in [0.15, 0.2) is 41.3 Å². The molecule has 9 heteroatoms. The molecule has 0 heterocycles. The minimum atomic E-state index is -4.39. The molecule has 1 aliphatic rings. The summed E-state index contributed by atoms with van der Waals surface area (Å²) < 4.78 is 37.4. The molecule has 1 unspecified atom stereocenters. The van der Waals surface area contributed by atoms with Crippen molar-refractivity contribution < 1.29 is 27.3 Å². The predicted octanol–water partition coefficient (Wildman–Crippen LogP) is 2.88. The first-order valence-electron chi connectivity index (χ1n) is 8.68. The van der Waals surface area contributed by atoms with Crippen molar-refractivity contribution in [3.63, 3.8) is 0 Å².